The van der Waals surface area contributed by atoms with E-state index >= 15 is 0 Å². The molecule has 0 radical (unpaired) electrons. The lowest BCUT2D eigenvalue weighted by Gasteiger charge is -2.58. The molecule has 8 nitrogen and oxygen atoms in total. The van der Waals surface area contributed by atoms with Crippen molar-refractivity contribution in [3.8, 4) is 23.0 Å². The number of carbonyl (C=O) groups is 1. The number of piperazine rings is 1. The van der Waals surface area contributed by atoms with E-state index in [1.54, 1.807) is 17.0 Å². The smallest absolute Gasteiger partial charge is 0.410 e. The van der Waals surface area contributed by atoms with Gasteiger partial charge in [-0.15, -0.1) is 0 Å². The fraction of sp³-hybridized carbons (Fsp3) is 0.553. The molecule has 248 valence electrons. The molecule has 2 atom stereocenters. The molecule has 6 rings (SSSR count). The summed E-state index contributed by atoms with van der Waals surface area (Å²) in [6.07, 6.45) is 16.2. The van der Waals surface area contributed by atoms with Crippen molar-refractivity contribution in [3.63, 3.8) is 0 Å². The maximum atomic E-state index is 12.8. The van der Waals surface area contributed by atoms with Crippen LogP contribution in [0.1, 0.15) is 94.7 Å². The Bertz CT molecular complexity index is 1470. The van der Waals surface area contributed by atoms with Crippen LogP contribution in [0.5, 0.6) is 23.0 Å². The molecule has 3 N–H and O–H groups in total. The molecule has 3 fully saturated rings. The summed E-state index contributed by atoms with van der Waals surface area (Å²) in [4.78, 5) is 16.7. The van der Waals surface area contributed by atoms with E-state index in [-0.39, 0.29) is 41.3 Å². The molecule has 0 aromatic heterocycles. The lowest BCUT2D eigenvalue weighted by Crippen LogP contribution is -2.57. The fourth-order valence-electron chi connectivity index (χ4n) is 8.71. The summed E-state index contributed by atoms with van der Waals surface area (Å²) in [6, 6.07) is 9.06. The molecule has 2 unspecified atom stereocenters. The minimum absolute atomic E-state index is 0.0598. The number of hydrogen-bond acceptors (Lipinski definition) is 7. The van der Waals surface area contributed by atoms with Gasteiger partial charge < -0.3 is 29.7 Å². The van der Waals surface area contributed by atoms with Crippen molar-refractivity contribution in [3.05, 3.63) is 70.8 Å². The van der Waals surface area contributed by atoms with Gasteiger partial charge in [0.1, 0.15) is 35.2 Å². The molecule has 2 aliphatic heterocycles. The first-order valence-electron chi connectivity index (χ1n) is 17.3. The number of hydrogen-bond donors (Lipinski definition) is 3. The van der Waals surface area contributed by atoms with Crippen LogP contribution in [0.15, 0.2) is 54.1 Å². The van der Waals surface area contributed by atoms with Gasteiger partial charge in [0.25, 0.3) is 0 Å². The molecule has 1 spiro atoms. The molecule has 1 saturated heterocycles. The fourth-order valence-corrected chi connectivity index (χ4v) is 8.71. The van der Waals surface area contributed by atoms with E-state index < -0.39 is 5.60 Å². The molecule has 1 amide bonds. The predicted octanol–water partition coefficient (Wildman–Crippen LogP) is 7.65. The van der Waals surface area contributed by atoms with Gasteiger partial charge in [0.05, 0.1) is 0 Å². The van der Waals surface area contributed by atoms with Gasteiger partial charge in [0.15, 0.2) is 0 Å². The van der Waals surface area contributed by atoms with Gasteiger partial charge in [0.2, 0.25) is 0 Å². The number of amides is 1. The molecule has 2 saturated carbocycles. The first-order chi connectivity index (χ1) is 22.3. The normalized spacial score (nSPS) is 24.8. The van der Waals surface area contributed by atoms with Crippen molar-refractivity contribution in [2.45, 2.75) is 95.6 Å². The zero-order valence-corrected chi connectivity index (χ0v) is 27.5. The molecule has 4 aliphatic rings. The molecule has 2 heterocycles. The van der Waals surface area contributed by atoms with E-state index in [4.69, 9.17) is 9.47 Å². The number of rotatable bonds is 7. The van der Waals surface area contributed by atoms with Crippen LogP contribution in [0.4, 0.5) is 4.79 Å². The van der Waals surface area contributed by atoms with E-state index in [2.05, 4.69) is 24.0 Å². The number of allylic oxidation sites excluding steroid dienone is 2. The number of fused-ring (bicyclic) bond motifs is 4. The number of benzene rings is 2. The Morgan fingerprint density at radius 2 is 1.72 bits per heavy atom. The van der Waals surface area contributed by atoms with Crippen LogP contribution in [-0.2, 0) is 22.3 Å². The van der Waals surface area contributed by atoms with Gasteiger partial charge in [-0.1, -0.05) is 56.9 Å². The number of phenolic OH excluding ortho intramolecular Hbond substituents is 3. The quantitative estimate of drug-likeness (QED) is 0.270. The van der Waals surface area contributed by atoms with Gasteiger partial charge >= 0.3 is 6.09 Å². The Balaban J connectivity index is 1.22. The highest BCUT2D eigenvalue weighted by Crippen LogP contribution is 2.64. The van der Waals surface area contributed by atoms with E-state index in [0.29, 0.717) is 32.7 Å². The van der Waals surface area contributed by atoms with Crippen molar-refractivity contribution in [1.82, 2.24) is 9.80 Å². The van der Waals surface area contributed by atoms with E-state index in [9.17, 15) is 20.1 Å². The minimum atomic E-state index is -0.747. The van der Waals surface area contributed by atoms with Crippen LogP contribution in [-0.4, -0.2) is 64.0 Å². The van der Waals surface area contributed by atoms with Gasteiger partial charge in [-0.05, 0) is 63.2 Å². The third-order valence-electron chi connectivity index (χ3n) is 11.0. The molecule has 8 heteroatoms. The lowest BCUT2D eigenvalue weighted by atomic mass is 9.51. The zero-order chi connectivity index (χ0) is 32.3. The lowest BCUT2D eigenvalue weighted by molar-refractivity contribution is -0.0961. The Morgan fingerprint density at radius 1 is 0.957 bits per heavy atom. The maximum Gasteiger partial charge on any atom is 0.410 e. The highest BCUT2D eigenvalue weighted by atomic mass is 16.6. The van der Waals surface area contributed by atoms with Crippen LogP contribution in [0.2, 0.25) is 0 Å². The molecule has 2 aromatic rings. The van der Waals surface area contributed by atoms with Crippen molar-refractivity contribution in [2.24, 2.45) is 5.92 Å². The summed E-state index contributed by atoms with van der Waals surface area (Å²) < 4.78 is 12.6. The highest BCUT2D eigenvalue weighted by molar-refractivity contribution is 5.68. The van der Waals surface area contributed by atoms with Crippen LogP contribution in [0.25, 0.3) is 0 Å². The maximum absolute atomic E-state index is 12.8. The predicted molar refractivity (Wildman–Crippen MR) is 178 cm³/mol. The van der Waals surface area contributed by atoms with Gasteiger partial charge in [0, 0.05) is 72.9 Å². The molecule has 46 heavy (non-hydrogen) atoms. The molecule has 2 aromatic carbocycles. The molecule has 0 bridgehead atoms. The number of aromatic hydroxyl groups is 3. The second-order valence-corrected chi connectivity index (χ2v) is 13.7. The molecular formula is C38H50N2O6. The standard InChI is InChI=1S/C38H50N2O6/c1-3-5-11-27(4-2)26-45-36(44)40-20-18-39(19-21-40)25-28-22-31(33(43)24-32(28)42)38-17-10-7-12-35(38)37(15-8-6-9-16-37)30-14-13-29(41)23-34(30)46-38/h4-5,11,13-14,22-24,35,41-43H,3,6-10,12,15-21,25-26H2,1-2H3/b11-5-,27-4+. The van der Waals surface area contributed by atoms with Crippen molar-refractivity contribution < 1.29 is 29.6 Å². The summed E-state index contributed by atoms with van der Waals surface area (Å²) in [5.41, 5.74) is 2.83. The van der Waals surface area contributed by atoms with Crippen molar-refractivity contribution in [1.29, 1.82) is 0 Å². The van der Waals surface area contributed by atoms with Gasteiger partial charge in [-0.3, -0.25) is 4.90 Å². The summed E-state index contributed by atoms with van der Waals surface area (Å²) in [5.74, 6) is 1.21. The third kappa shape index (κ3) is 6.08. The van der Waals surface area contributed by atoms with E-state index in [0.717, 1.165) is 80.2 Å². The van der Waals surface area contributed by atoms with Crippen LogP contribution in [0.3, 0.4) is 0 Å². The summed E-state index contributed by atoms with van der Waals surface area (Å²) >= 11 is 0. The molecule has 2 aliphatic carbocycles. The van der Waals surface area contributed by atoms with Gasteiger partial charge in [-0.2, -0.15) is 0 Å². The van der Waals surface area contributed by atoms with Crippen LogP contribution >= 0.6 is 0 Å². The first-order valence-corrected chi connectivity index (χ1v) is 17.3. The Kier molecular flexibility index (Phi) is 9.55. The van der Waals surface area contributed by atoms with Crippen molar-refractivity contribution in [2.75, 3.05) is 32.8 Å². The number of carbonyl (C=O) groups excluding carboxylic acids is 1. The number of phenols is 3. The summed E-state index contributed by atoms with van der Waals surface area (Å²) in [6.45, 7) is 7.15. The highest BCUT2D eigenvalue weighted by Gasteiger charge is 2.59. The molecular weight excluding hydrogens is 580 g/mol. The number of nitrogens with zero attached hydrogens (tertiary/aromatic N) is 2. The zero-order valence-electron chi connectivity index (χ0n) is 27.5. The average molecular weight is 631 g/mol. The van der Waals surface area contributed by atoms with Crippen LogP contribution in [0, 0.1) is 5.92 Å². The Morgan fingerprint density at radius 3 is 2.46 bits per heavy atom. The minimum Gasteiger partial charge on any atom is -0.508 e. The average Bonchev–Trinajstić information content (AvgIpc) is 3.06. The van der Waals surface area contributed by atoms with E-state index in [1.807, 2.05) is 25.1 Å². The summed E-state index contributed by atoms with van der Waals surface area (Å²) in [7, 11) is 0. The summed E-state index contributed by atoms with van der Waals surface area (Å²) in [5, 5.41) is 33.0. The van der Waals surface area contributed by atoms with Crippen LogP contribution < -0.4 is 4.74 Å². The number of ether oxygens (including phenoxy) is 2. The van der Waals surface area contributed by atoms with E-state index in [1.165, 1.54) is 18.1 Å². The second-order valence-electron chi connectivity index (χ2n) is 13.7. The topological polar surface area (TPSA) is 103 Å². The second kappa shape index (κ2) is 13.6. The van der Waals surface area contributed by atoms with Gasteiger partial charge in [-0.25, -0.2) is 4.79 Å². The Labute approximate surface area is 273 Å². The Hall–Kier alpha value is -3.65. The SMILES string of the molecule is C/C=C(\C=C/CC)COC(=O)N1CCN(Cc2cc(C34CCCCC3C3(CCCCC3)c3ccc(O)cc3O4)c(O)cc2O)CC1. The monoisotopic (exact) mass is 630 g/mol. The van der Waals surface area contributed by atoms with Crippen molar-refractivity contribution >= 4 is 6.09 Å². The largest absolute Gasteiger partial charge is 0.508 e. The first kappa shape index (κ1) is 32.3. The third-order valence-corrected chi connectivity index (χ3v) is 11.0.